The quantitative estimate of drug-likeness (QED) is 0.234. The molecule has 1 aliphatic rings. The number of imidazole rings is 1. The first-order chi connectivity index (χ1) is 20.6. The van der Waals surface area contributed by atoms with Gasteiger partial charge in [0.1, 0.15) is 34.1 Å². The van der Waals surface area contributed by atoms with Crippen LogP contribution in [-0.2, 0) is 30.8 Å². The van der Waals surface area contributed by atoms with E-state index in [9.17, 15) is 9.18 Å². The molecule has 0 saturated carbocycles. The predicted octanol–water partition coefficient (Wildman–Crippen LogP) is 6.49. The van der Waals surface area contributed by atoms with Gasteiger partial charge in [0.2, 0.25) is 5.95 Å². The zero-order chi connectivity index (χ0) is 30.3. The number of carbonyl (C=O) groups is 1. The van der Waals surface area contributed by atoms with Gasteiger partial charge in [0.15, 0.2) is 0 Å². The van der Waals surface area contributed by atoms with E-state index in [0.717, 1.165) is 27.9 Å². The second-order valence-electron chi connectivity index (χ2n) is 11.6. The molecule has 5 aromatic rings. The maximum absolute atomic E-state index is 14.9. The van der Waals surface area contributed by atoms with E-state index < -0.39 is 11.4 Å². The lowest BCUT2D eigenvalue weighted by atomic mass is 10.0. The maximum Gasteiger partial charge on any atom is 0.410 e. The SMILES string of the molecule is COc1ccc(CNc2nc3c(F)cccc3c3nc(Cc4ccc5c(c4)CN(C(=O)OC(C)(C)C)C5)cn23)c(OC)c1. The number of aromatic nitrogens is 3. The molecule has 6 rings (SSSR count). The fraction of sp³-hybridized carbons (Fsp3) is 0.303. The Hall–Kier alpha value is -4.86. The number of anilines is 1. The van der Waals surface area contributed by atoms with Crippen LogP contribution in [0.4, 0.5) is 15.1 Å². The van der Waals surface area contributed by atoms with Gasteiger partial charge in [-0.3, -0.25) is 9.30 Å². The molecule has 0 aliphatic carbocycles. The number of nitrogens with zero attached hydrogens (tertiary/aromatic N) is 4. The predicted molar refractivity (Wildman–Crippen MR) is 162 cm³/mol. The zero-order valence-corrected chi connectivity index (χ0v) is 24.9. The van der Waals surface area contributed by atoms with E-state index in [1.165, 1.54) is 6.07 Å². The van der Waals surface area contributed by atoms with E-state index in [1.807, 2.05) is 55.6 Å². The summed E-state index contributed by atoms with van der Waals surface area (Å²) in [5.41, 5.74) is 5.28. The molecule has 0 radical (unpaired) electrons. The van der Waals surface area contributed by atoms with Gasteiger partial charge < -0.3 is 19.5 Å². The second kappa shape index (κ2) is 11.1. The van der Waals surface area contributed by atoms with Gasteiger partial charge in [-0.1, -0.05) is 24.3 Å². The number of nitrogens with one attached hydrogen (secondary N) is 1. The van der Waals surface area contributed by atoms with Crippen LogP contribution in [0, 0.1) is 5.82 Å². The molecule has 43 heavy (non-hydrogen) atoms. The number of hydrogen-bond donors (Lipinski definition) is 1. The van der Waals surface area contributed by atoms with Gasteiger partial charge in [-0.15, -0.1) is 0 Å². The molecular weight excluding hydrogens is 549 g/mol. The van der Waals surface area contributed by atoms with Gasteiger partial charge in [-0.05, 0) is 61.7 Å². The van der Waals surface area contributed by atoms with Crippen molar-refractivity contribution in [3.63, 3.8) is 0 Å². The number of ether oxygens (including phenoxy) is 3. The molecule has 1 amide bonds. The monoisotopic (exact) mass is 583 g/mol. The van der Waals surface area contributed by atoms with Crippen molar-refractivity contribution >= 4 is 28.6 Å². The first-order valence-corrected chi connectivity index (χ1v) is 14.1. The van der Waals surface area contributed by atoms with Gasteiger partial charge in [0.05, 0.1) is 19.9 Å². The summed E-state index contributed by atoms with van der Waals surface area (Å²) >= 11 is 0. The lowest BCUT2D eigenvalue weighted by Crippen LogP contribution is -2.33. The van der Waals surface area contributed by atoms with Crippen LogP contribution in [0.25, 0.3) is 16.6 Å². The number of para-hydroxylation sites is 1. The van der Waals surface area contributed by atoms with Crippen LogP contribution in [0.15, 0.2) is 60.8 Å². The number of carbonyl (C=O) groups excluding carboxylic acids is 1. The number of fused-ring (bicyclic) bond motifs is 4. The Morgan fingerprint density at radius 2 is 1.81 bits per heavy atom. The number of benzene rings is 3. The summed E-state index contributed by atoms with van der Waals surface area (Å²) in [5, 5.41) is 3.98. The molecule has 9 nitrogen and oxygen atoms in total. The van der Waals surface area contributed by atoms with Crippen molar-refractivity contribution < 1.29 is 23.4 Å². The van der Waals surface area contributed by atoms with Crippen molar-refractivity contribution in [2.45, 2.75) is 52.4 Å². The molecule has 0 unspecified atom stereocenters. The summed E-state index contributed by atoms with van der Waals surface area (Å²) in [6.45, 7) is 7.01. The van der Waals surface area contributed by atoms with E-state index >= 15 is 0 Å². The van der Waals surface area contributed by atoms with Crippen LogP contribution in [0.3, 0.4) is 0 Å². The van der Waals surface area contributed by atoms with E-state index in [2.05, 4.69) is 28.5 Å². The highest BCUT2D eigenvalue weighted by Gasteiger charge is 2.28. The van der Waals surface area contributed by atoms with Crippen molar-refractivity contribution in [2.24, 2.45) is 0 Å². The van der Waals surface area contributed by atoms with Gasteiger partial charge in [0, 0.05) is 49.3 Å². The van der Waals surface area contributed by atoms with Crippen LogP contribution in [0.1, 0.15) is 48.7 Å². The number of halogens is 1. The van der Waals surface area contributed by atoms with Gasteiger partial charge in [-0.2, -0.15) is 0 Å². The minimum absolute atomic E-state index is 0.246. The lowest BCUT2D eigenvalue weighted by Gasteiger charge is -2.24. The van der Waals surface area contributed by atoms with E-state index in [4.69, 9.17) is 19.2 Å². The standard InChI is InChI=1S/C33H34FN5O4/c1-33(2,3)43-32(40)38-17-22-10-9-20(13-23(22)18-38)14-24-19-39-30(36-24)26-7-6-8-27(34)29(26)37-31(39)35-16-21-11-12-25(41-4)15-28(21)42-5/h6-13,15,19H,14,16-18H2,1-5H3,(H,35,37). The summed E-state index contributed by atoms with van der Waals surface area (Å²) < 4.78 is 33.2. The maximum atomic E-state index is 14.9. The smallest absolute Gasteiger partial charge is 0.410 e. The van der Waals surface area contributed by atoms with E-state index in [1.54, 1.807) is 25.2 Å². The highest BCUT2D eigenvalue weighted by Crippen LogP contribution is 2.29. The molecule has 3 heterocycles. The van der Waals surface area contributed by atoms with Gasteiger partial charge >= 0.3 is 6.09 Å². The molecule has 1 aliphatic heterocycles. The third-order valence-corrected chi connectivity index (χ3v) is 7.39. The highest BCUT2D eigenvalue weighted by atomic mass is 19.1. The van der Waals surface area contributed by atoms with Crippen LogP contribution in [-0.4, -0.2) is 45.2 Å². The minimum Gasteiger partial charge on any atom is -0.497 e. The van der Waals surface area contributed by atoms with Crippen LogP contribution >= 0.6 is 0 Å². The summed E-state index contributed by atoms with van der Waals surface area (Å²) in [4.78, 5) is 23.9. The van der Waals surface area contributed by atoms with Crippen molar-refractivity contribution in [2.75, 3.05) is 19.5 Å². The van der Waals surface area contributed by atoms with E-state index in [-0.39, 0.29) is 11.6 Å². The van der Waals surface area contributed by atoms with Crippen molar-refractivity contribution in [1.29, 1.82) is 0 Å². The molecule has 0 fully saturated rings. The Bertz CT molecular complexity index is 1850. The largest absolute Gasteiger partial charge is 0.497 e. The van der Waals surface area contributed by atoms with Crippen LogP contribution in [0.2, 0.25) is 0 Å². The first kappa shape index (κ1) is 28.3. The second-order valence-corrected chi connectivity index (χ2v) is 11.6. The third-order valence-electron chi connectivity index (χ3n) is 7.39. The Labute approximate surface area is 249 Å². The van der Waals surface area contributed by atoms with Crippen LogP contribution in [0.5, 0.6) is 11.5 Å². The van der Waals surface area contributed by atoms with Crippen molar-refractivity contribution in [3.8, 4) is 11.5 Å². The molecule has 3 aromatic carbocycles. The number of amides is 1. The molecule has 0 atom stereocenters. The number of methoxy groups -OCH3 is 2. The summed E-state index contributed by atoms with van der Waals surface area (Å²) in [6, 6.07) is 16.7. The summed E-state index contributed by atoms with van der Waals surface area (Å²) in [7, 11) is 3.21. The molecule has 10 heteroatoms. The number of hydrogen-bond acceptors (Lipinski definition) is 7. The highest BCUT2D eigenvalue weighted by molar-refractivity contribution is 5.93. The molecule has 0 spiro atoms. The Balaban J connectivity index is 1.29. The molecule has 1 N–H and O–H groups in total. The molecule has 0 saturated heterocycles. The first-order valence-electron chi connectivity index (χ1n) is 14.1. The van der Waals surface area contributed by atoms with E-state index in [0.29, 0.717) is 54.5 Å². The van der Waals surface area contributed by atoms with Crippen molar-refractivity contribution in [3.05, 3.63) is 94.6 Å². The Morgan fingerprint density at radius 1 is 1.00 bits per heavy atom. The zero-order valence-electron chi connectivity index (χ0n) is 24.9. The molecule has 222 valence electrons. The average Bonchev–Trinajstić information content (AvgIpc) is 3.60. The van der Waals surface area contributed by atoms with Gasteiger partial charge in [0.25, 0.3) is 0 Å². The summed E-state index contributed by atoms with van der Waals surface area (Å²) in [5.74, 6) is 1.41. The fourth-order valence-electron chi connectivity index (χ4n) is 5.35. The summed E-state index contributed by atoms with van der Waals surface area (Å²) in [6.07, 6.45) is 2.18. The van der Waals surface area contributed by atoms with Crippen molar-refractivity contribution in [1.82, 2.24) is 19.3 Å². The third kappa shape index (κ3) is 5.77. The molecular formula is C33H34FN5O4. The normalized spacial score (nSPS) is 12.9. The molecule has 2 aromatic heterocycles. The lowest BCUT2D eigenvalue weighted by molar-refractivity contribution is 0.0242. The van der Waals surface area contributed by atoms with Gasteiger partial charge in [-0.25, -0.2) is 19.2 Å². The molecule has 0 bridgehead atoms. The Morgan fingerprint density at radius 3 is 2.58 bits per heavy atom. The topological polar surface area (TPSA) is 90.2 Å². The Kier molecular flexibility index (Phi) is 7.29. The average molecular weight is 584 g/mol. The van der Waals surface area contributed by atoms with Crippen LogP contribution < -0.4 is 14.8 Å². The number of rotatable bonds is 7. The minimum atomic E-state index is -0.545. The fourth-order valence-corrected chi connectivity index (χ4v) is 5.35.